The third-order valence-corrected chi connectivity index (χ3v) is 6.32. The SMILES string of the molecule is O=C(Cn1nc2n(CC3CCCO3)c(=O)c3sccc3n2c1=O)NCc1ccccc1. The number of carbonyl (C=O) groups excluding carboxylic acids is 1. The van der Waals surface area contributed by atoms with Gasteiger partial charge in [0.25, 0.3) is 5.56 Å². The maximum atomic E-state index is 13.1. The molecule has 1 atom stereocenters. The highest BCUT2D eigenvalue weighted by Gasteiger charge is 2.23. The molecule has 1 saturated heterocycles. The number of nitrogens with zero attached hydrogens (tertiary/aromatic N) is 4. The third-order valence-electron chi connectivity index (χ3n) is 5.42. The van der Waals surface area contributed by atoms with Gasteiger partial charge in [-0.15, -0.1) is 16.4 Å². The van der Waals surface area contributed by atoms with Gasteiger partial charge in [0.05, 0.1) is 18.2 Å². The predicted molar refractivity (Wildman–Crippen MR) is 116 cm³/mol. The van der Waals surface area contributed by atoms with Crippen LogP contribution < -0.4 is 16.6 Å². The lowest BCUT2D eigenvalue weighted by molar-refractivity contribution is -0.122. The molecule has 1 aromatic carbocycles. The fourth-order valence-corrected chi connectivity index (χ4v) is 4.71. The first kappa shape index (κ1) is 19.7. The quantitative estimate of drug-likeness (QED) is 0.489. The first-order chi connectivity index (χ1) is 15.1. The van der Waals surface area contributed by atoms with E-state index in [4.69, 9.17) is 4.74 Å². The Morgan fingerprint density at radius 3 is 2.84 bits per heavy atom. The van der Waals surface area contributed by atoms with Gasteiger partial charge in [-0.1, -0.05) is 30.3 Å². The molecule has 1 amide bonds. The minimum Gasteiger partial charge on any atom is -0.376 e. The van der Waals surface area contributed by atoms with Gasteiger partial charge in [0.15, 0.2) is 0 Å². The van der Waals surface area contributed by atoms with E-state index in [1.807, 2.05) is 30.3 Å². The Kier molecular flexibility index (Phi) is 5.16. The number of rotatable bonds is 6. The van der Waals surface area contributed by atoms with Crippen LogP contribution in [0.1, 0.15) is 18.4 Å². The molecule has 1 aliphatic heterocycles. The zero-order chi connectivity index (χ0) is 21.4. The van der Waals surface area contributed by atoms with Crippen LogP contribution >= 0.6 is 11.3 Å². The van der Waals surface area contributed by atoms with E-state index in [1.165, 1.54) is 20.3 Å². The molecule has 1 fully saturated rings. The molecular weight excluding hydrogens is 418 g/mol. The lowest BCUT2D eigenvalue weighted by Crippen LogP contribution is -2.32. The number of hydrogen-bond donors (Lipinski definition) is 1. The second-order valence-electron chi connectivity index (χ2n) is 7.52. The molecule has 9 nitrogen and oxygen atoms in total. The molecule has 4 aromatic rings. The highest BCUT2D eigenvalue weighted by atomic mass is 32.1. The van der Waals surface area contributed by atoms with Gasteiger partial charge >= 0.3 is 5.69 Å². The molecule has 4 heterocycles. The molecule has 3 aromatic heterocycles. The van der Waals surface area contributed by atoms with Crippen LogP contribution in [0, 0.1) is 0 Å². The maximum Gasteiger partial charge on any atom is 0.352 e. The number of thiophene rings is 1. The van der Waals surface area contributed by atoms with Gasteiger partial charge in [-0.05, 0) is 29.9 Å². The first-order valence-corrected chi connectivity index (χ1v) is 11.0. The summed E-state index contributed by atoms with van der Waals surface area (Å²) in [6.45, 7) is 1.13. The number of fused-ring (bicyclic) bond motifs is 3. The second kappa shape index (κ2) is 8.12. The van der Waals surface area contributed by atoms with Crippen molar-refractivity contribution in [3.05, 3.63) is 68.2 Å². The normalized spacial score (nSPS) is 16.3. The van der Waals surface area contributed by atoms with E-state index >= 15 is 0 Å². The summed E-state index contributed by atoms with van der Waals surface area (Å²) in [6, 6.07) is 11.3. The number of benzene rings is 1. The average molecular weight is 439 g/mol. The van der Waals surface area contributed by atoms with Gasteiger partial charge in [0.1, 0.15) is 11.2 Å². The van der Waals surface area contributed by atoms with Crippen LogP contribution in [-0.4, -0.2) is 37.4 Å². The highest BCUT2D eigenvalue weighted by molar-refractivity contribution is 7.17. The molecule has 31 heavy (non-hydrogen) atoms. The molecule has 0 aliphatic carbocycles. The summed E-state index contributed by atoms with van der Waals surface area (Å²) in [5, 5.41) is 8.94. The number of amides is 1. The van der Waals surface area contributed by atoms with Crippen molar-refractivity contribution in [2.24, 2.45) is 0 Å². The summed E-state index contributed by atoms with van der Waals surface area (Å²) in [4.78, 5) is 38.6. The molecule has 1 N–H and O–H groups in total. The van der Waals surface area contributed by atoms with E-state index < -0.39 is 5.69 Å². The van der Waals surface area contributed by atoms with Crippen LogP contribution in [0.5, 0.6) is 0 Å². The van der Waals surface area contributed by atoms with Crippen LogP contribution in [0.15, 0.2) is 51.4 Å². The molecular formula is C21H21N5O4S. The second-order valence-corrected chi connectivity index (χ2v) is 8.44. The summed E-state index contributed by atoms with van der Waals surface area (Å²) in [5.74, 6) is -0.101. The third kappa shape index (κ3) is 3.68. The van der Waals surface area contributed by atoms with Gasteiger partial charge in [-0.25, -0.2) is 13.9 Å². The highest BCUT2D eigenvalue weighted by Crippen LogP contribution is 2.19. The molecule has 5 rings (SSSR count). The van der Waals surface area contributed by atoms with Crippen LogP contribution in [0.3, 0.4) is 0 Å². The summed E-state index contributed by atoms with van der Waals surface area (Å²) >= 11 is 1.29. The van der Waals surface area contributed by atoms with Crippen molar-refractivity contribution >= 4 is 33.2 Å². The number of aromatic nitrogens is 4. The van der Waals surface area contributed by atoms with Gasteiger partial charge in [-0.3, -0.25) is 14.2 Å². The number of carbonyl (C=O) groups is 1. The van der Waals surface area contributed by atoms with Crippen LogP contribution in [0.2, 0.25) is 0 Å². The van der Waals surface area contributed by atoms with Gasteiger partial charge in [0.2, 0.25) is 11.7 Å². The number of ether oxygens (including phenoxy) is 1. The Morgan fingerprint density at radius 1 is 1.23 bits per heavy atom. The largest absolute Gasteiger partial charge is 0.376 e. The minimum absolute atomic E-state index is 0.0895. The standard InChI is InChI=1S/C21H21N5O4S/c27-17(22-11-14-5-2-1-3-6-14)13-25-21(29)26-16-8-10-31-18(16)19(28)24(20(26)23-25)12-15-7-4-9-30-15/h1-3,5-6,8,10,15H,4,7,9,11-13H2,(H,22,27). The van der Waals surface area contributed by atoms with Crippen molar-refractivity contribution in [2.45, 2.75) is 38.6 Å². The fourth-order valence-electron chi connectivity index (χ4n) is 3.88. The lowest BCUT2D eigenvalue weighted by atomic mass is 10.2. The van der Waals surface area contributed by atoms with E-state index in [-0.39, 0.29) is 29.9 Å². The molecule has 0 saturated carbocycles. The van der Waals surface area contributed by atoms with Gasteiger partial charge < -0.3 is 10.1 Å². The van der Waals surface area contributed by atoms with Crippen molar-refractivity contribution in [1.82, 2.24) is 24.1 Å². The molecule has 0 bridgehead atoms. The van der Waals surface area contributed by atoms with E-state index in [2.05, 4.69) is 10.4 Å². The molecule has 0 radical (unpaired) electrons. The first-order valence-electron chi connectivity index (χ1n) is 10.1. The Morgan fingerprint density at radius 2 is 2.06 bits per heavy atom. The zero-order valence-electron chi connectivity index (χ0n) is 16.7. The number of hydrogen-bond acceptors (Lipinski definition) is 6. The Balaban J connectivity index is 1.49. The van der Waals surface area contributed by atoms with Crippen molar-refractivity contribution in [3.8, 4) is 0 Å². The monoisotopic (exact) mass is 439 g/mol. The van der Waals surface area contributed by atoms with Crippen LogP contribution in [0.25, 0.3) is 16.0 Å². The summed E-state index contributed by atoms with van der Waals surface area (Å²) < 4.78 is 10.2. The average Bonchev–Trinajstić information content (AvgIpc) is 3.52. The van der Waals surface area contributed by atoms with Gasteiger partial charge in [-0.2, -0.15) is 0 Å². The molecule has 1 aliphatic rings. The minimum atomic E-state index is -0.450. The van der Waals surface area contributed by atoms with Crippen molar-refractivity contribution in [3.63, 3.8) is 0 Å². The Labute approximate surface area is 180 Å². The predicted octanol–water partition coefficient (Wildman–Crippen LogP) is 1.37. The molecule has 10 heteroatoms. The number of nitrogens with one attached hydrogen (secondary N) is 1. The van der Waals surface area contributed by atoms with Crippen LogP contribution in [-0.2, 0) is 29.2 Å². The fraction of sp³-hybridized carbons (Fsp3) is 0.333. The Hall–Kier alpha value is -3.24. The zero-order valence-corrected chi connectivity index (χ0v) is 17.5. The lowest BCUT2D eigenvalue weighted by Gasteiger charge is -2.12. The van der Waals surface area contributed by atoms with Gasteiger partial charge in [0, 0.05) is 13.2 Å². The summed E-state index contributed by atoms with van der Waals surface area (Å²) in [6.07, 6.45) is 1.71. The van der Waals surface area contributed by atoms with Crippen molar-refractivity contribution in [2.75, 3.05) is 6.61 Å². The van der Waals surface area contributed by atoms with Crippen molar-refractivity contribution in [1.29, 1.82) is 0 Å². The topological polar surface area (TPSA) is 99.6 Å². The van der Waals surface area contributed by atoms with E-state index in [0.717, 1.165) is 23.1 Å². The van der Waals surface area contributed by atoms with E-state index in [0.29, 0.717) is 29.9 Å². The molecule has 0 spiro atoms. The maximum absolute atomic E-state index is 13.1. The molecule has 160 valence electrons. The van der Waals surface area contributed by atoms with Crippen LogP contribution in [0.4, 0.5) is 0 Å². The summed E-state index contributed by atoms with van der Waals surface area (Å²) in [7, 11) is 0. The Bertz CT molecular complexity index is 1360. The van der Waals surface area contributed by atoms with E-state index in [9.17, 15) is 14.4 Å². The van der Waals surface area contributed by atoms with Crippen molar-refractivity contribution < 1.29 is 9.53 Å². The van der Waals surface area contributed by atoms with E-state index in [1.54, 1.807) is 11.4 Å². The molecule has 1 unspecified atom stereocenters. The smallest absolute Gasteiger partial charge is 0.352 e. The summed E-state index contributed by atoms with van der Waals surface area (Å²) in [5.41, 5.74) is 0.825.